The maximum atomic E-state index is 13.7. The fourth-order valence-electron chi connectivity index (χ4n) is 4.00. The van der Waals surface area contributed by atoms with E-state index in [1.165, 1.54) is 18.6 Å². The van der Waals surface area contributed by atoms with Gasteiger partial charge in [-0.25, -0.2) is 23.4 Å². The number of pyridine rings is 1. The summed E-state index contributed by atoms with van der Waals surface area (Å²) in [5, 5.41) is 8.11. The molecule has 0 N–H and O–H groups in total. The predicted molar refractivity (Wildman–Crippen MR) is 137 cm³/mol. The SMILES string of the molecule is CCOC[C@@H]1COc2c(ccnc2Cl)-c2nnc(CS(=O)(=O)[C@@H](C)[C@@H](OC(C)C)c3ncc(Cl)cn3)n21. The van der Waals surface area contributed by atoms with Crippen molar-refractivity contribution in [2.45, 2.75) is 56.9 Å². The fraction of sp³-hybridized carbons (Fsp3) is 0.522. The highest BCUT2D eigenvalue weighted by Gasteiger charge is 2.37. The van der Waals surface area contributed by atoms with Gasteiger partial charge < -0.3 is 18.8 Å². The van der Waals surface area contributed by atoms with E-state index in [1.54, 1.807) is 17.6 Å². The lowest BCUT2D eigenvalue weighted by Gasteiger charge is -2.25. The van der Waals surface area contributed by atoms with Gasteiger partial charge in [0.1, 0.15) is 24.3 Å². The maximum Gasteiger partial charge on any atom is 0.171 e. The molecule has 0 saturated carbocycles. The maximum absolute atomic E-state index is 13.7. The zero-order valence-electron chi connectivity index (χ0n) is 20.8. The Balaban J connectivity index is 1.72. The molecule has 0 spiro atoms. The van der Waals surface area contributed by atoms with Crippen molar-refractivity contribution in [1.29, 1.82) is 0 Å². The van der Waals surface area contributed by atoms with E-state index in [-0.39, 0.29) is 36.1 Å². The van der Waals surface area contributed by atoms with Crippen LogP contribution in [0.5, 0.6) is 5.75 Å². The Morgan fingerprint density at radius 1 is 1.16 bits per heavy atom. The Morgan fingerprint density at radius 2 is 1.89 bits per heavy atom. The molecule has 1 aliphatic heterocycles. The molecule has 1 aliphatic rings. The van der Waals surface area contributed by atoms with Crippen LogP contribution in [0.2, 0.25) is 10.2 Å². The van der Waals surface area contributed by atoms with Crippen LogP contribution in [0.1, 0.15) is 51.5 Å². The van der Waals surface area contributed by atoms with Crippen molar-refractivity contribution in [2.24, 2.45) is 0 Å². The third-order valence-electron chi connectivity index (χ3n) is 5.80. The molecule has 37 heavy (non-hydrogen) atoms. The number of halogens is 2. The van der Waals surface area contributed by atoms with Gasteiger partial charge in [-0.1, -0.05) is 23.2 Å². The highest BCUT2D eigenvalue weighted by Crippen LogP contribution is 2.39. The molecule has 0 bridgehead atoms. The number of aromatic nitrogens is 6. The van der Waals surface area contributed by atoms with Gasteiger partial charge in [0.25, 0.3) is 0 Å². The van der Waals surface area contributed by atoms with Crippen LogP contribution in [0, 0.1) is 0 Å². The van der Waals surface area contributed by atoms with Crippen molar-refractivity contribution < 1.29 is 22.6 Å². The minimum Gasteiger partial charge on any atom is -0.487 e. The van der Waals surface area contributed by atoms with Gasteiger partial charge in [0.15, 0.2) is 32.4 Å². The number of rotatable bonds is 10. The highest BCUT2D eigenvalue weighted by molar-refractivity contribution is 7.91. The van der Waals surface area contributed by atoms with Crippen molar-refractivity contribution in [3.05, 3.63) is 46.5 Å². The molecule has 0 aliphatic carbocycles. The number of sulfone groups is 1. The van der Waals surface area contributed by atoms with Gasteiger partial charge in [-0.15, -0.1) is 10.2 Å². The van der Waals surface area contributed by atoms with Crippen LogP contribution in [-0.4, -0.2) is 69.3 Å². The molecular formula is C23H28Cl2N6O5S. The van der Waals surface area contributed by atoms with Gasteiger partial charge in [-0.05, 0) is 33.8 Å². The Hall–Kier alpha value is -2.38. The van der Waals surface area contributed by atoms with E-state index in [9.17, 15) is 8.42 Å². The normalized spacial score (nSPS) is 17.0. The number of hydrogen-bond donors (Lipinski definition) is 0. The van der Waals surface area contributed by atoms with Crippen LogP contribution in [0.15, 0.2) is 24.7 Å². The minimum atomic E-state index is -3.84. The highest BCUT2D eigenvalue weighted by atomic mass is 35.5. The predicted octanol–water partition coefficient (Wildman–Crippen LogP) is 3.88. The van der Waals surface area contributed by atoms with Crippen LogP contribution in [0.3, 0.4) is 0 Å². The largest absolute Gasteiger partial charge is 0.487 e. The van der Waals surface area contributed by atoms with Crippen LogP contribution < -0.4 is 4.74 Å². The molecule has 11 nitrogen and oxygen atoms in total. The summed E-state index contributed by atoms with van der Waals surface area (Å²) in [6.45, 7) is 7.99. The number of ether oxygens (including phenoxy) is 3. The summed E-state index contributed by atoms with van der Waals surface area (Å²) < 4.78 is 46.8. The van der Waals surface area contributed by atoms with E-state index in [0.717, 1.165) is 0 Å². The van der Waals surface area contributed by atoms with E-state index < -0.39 is 33.0 Å². The standard InChI is InChI=1S/C23H28Cl2N6O5S/c1-5-34-10-16-11-35-20-17(6-7-26-21(20)25)23-30-29-18(31(16)23)12-37(32,33)14(4)19(36-13(2)3)22-27-8-15(24)9-28-22/h6-9,13-14,16,19H,5,10-12H2,1-4H3/t14-,16+,19+/m0/s1. The Morgan fingerprint density at radius 3 is 2.57 bits per heavy atom. The van der Waals surface area contributed by atoms with Crippen molar-refractivity contribution in [3.8, 4) is 17.1 Å². The lowest BCUT2D eigenvalue weighted by Crippen LogP contribution is -2.32. The smallest absolute Gasteiger partial charge is 0.171 e. The molecule has 0 radical (unpaired) electrons. The van der Waals surface area contributed by atoms with Gasteiger partial charge in [0.05, 0.1) is 34.6 Å². The summed E-state index contributed by atoms with van der Waals surface area (Å²) in [5.41, 5.74) is 0.568. The summed E-state index contributed by atoms with van der Waals surface area (Å²) in [5.74, 6) is 0.869. The van der Waals surface area contributed by atoms with Gasteiger partial charge in [-0.2, -0.15) is 0 Å². The molecule has 3 aromatic rings. The molecule has 0 saturated heterocycles. The molecule has 0 fully saturated rings. The molecule has 4 rings (SSSR count). The van der Waals surface area contributed by atoms with Gasteiger partial charge >= 0.3 is 0 Å². The first-order chi connectivity index (χ1) is 17.6. The number of fused-ring (bicyclic) bond motifs is 3. The quantitative estimate of drug-likeness (QED) is 0.331. The second-order valence-electron chi connectivity index (χ2n) is 8.79. The lowest BCUT2D eigenvalue weighted by molar-refractivity contribution is 0.00142. The summed E-state index contributed by atoms with van der Waals surface area (Å²) in [6.07, 6.45) is 3.17. The summed E-state index contributed by atoms with van der Waals surface area (Å²) in [4.78, 5) is 12.5. The number of hydrogen-bond acceptors (Lipinski definition) is 10. The van der Waals surface area contributed by atoms with Crippen molar-refractivity contribution in [3.63, 3.8) is 0 Å². The zero-order chi connectivity index (χ0) is 26.7. The molecule has 14 heteroatoms. The van der Waals surface area contributed by atoms with E-state index in [4.69, 9.17) is 37.4 Å². The molecule has 3 atom stereocenters. The monoisotopic (exact) mass is 570 g/mol. The minimum absolute atomic E-state index is 0.170. The van der Waals surface area contributed by atoms with Crippen LogP contribution >= 0.6 is 23.2 Å². The third-order valence-corrected chi connectivity index (χ3v) is 8.31. The van der Waals surface area contributed by atoms with Crippen molar-refractivity contribution in [1.82, 2.24) is 29.7 Å². The Kier molecular flexibility index (Phi) is 8.64. The third kappa shape index (κ3) is 6.04. The van der Waals surface area contributed by atoms with E-state index in [1.807, 2.05) is 20.8 Å². The van der Waals surface area contributed by atoms with Crippen LogP contribution in [0.25, 0.3) is 11.4 Å². The molecule has 4 heterocycles. The zero-order valence-corrected chi connectivity index (χ0v) is 23.2. The van der Waals surface area contributed by atoms with Gasteiger partial charge in [0.2, 0.25) is 0 Å². The molecule has 200 valence electrons. The second-order valence-corrected chi connectivity index (χ2v) is 11.9. The molecule has 0 amide bonds. The first kappa shape index (κ1) is 27.6. The summed E-state index contributed by atoms with van der Waals surface area (Å²) in [6, 6.07) is 1.31. The fourth-order valence-corrected chi connectivity index (χ4v) is 5.69. The van der Waals surface area contributed by atoms with E-state index in [2.05, 4.69) is 25.1 Å². The average Bonchev–Trinajstić information content (AvgIpc) is 3.17. The topological polar surface area (TPSA) is 131 Å². The summed E-state index contributed by atoms with van der Waals surface area (Å²) in [7, 11) is -3.84. The molecule has 0 unspecified atom stereocenters. The summed E-state index contributed by atoms with van der Waals surface area (Å²) >= 11 is 12.2. The Labute approximate surface area is 225 Å². The van der Waals surface area contributed by atoms with Crippen LogP contribution in [0.4, 0.5) is 0 Å². The van der Waals surface area contributed by atoms with Crippen LogP contribution in [-0.2, 0) is 25.1 Å². The van der Waals surface area contributed by atoms with E-state index >= 15 is 0 Å². The molecular weight excluding hydrogens is 543 g/mol. The Bertz CT molecular complexity index is 1340. The van der Waals surface area contributed by atoms with Gasteiger partial charge in [-0.3, -0.25) is 0 Å². The first-order valence-electron chi connectivity index (χ1n) is 11.8. The number of nitrogens with zero attached hydrogens (tertiary/aromatic N) is 6. The second kappa shape index (κ2) is 11.6. The van der Waals surface area contributed by atoms with Crippen molar-refractivity contribution >= 4 is 33.0 Å². The molecule has 0 aromatic carbocycles. The average molecular weight is 571 g/mol. The lowest BCUT2D eigenvalue weighted by atomic mass is 10.2. The van der Waals surface area contributed by atoms with Crippen molar-refractivity contribution in [2.75, 3.05) is 19.8 Å². The molecule has 3 aromatic heterocycles. The van der Waals surface area contributed by atoms with Gasteiger partial charge in [0, 0.05) is 25.2 Å². The first-order valence-corrected chi connectivity index (χ1v) is 14.2. The van der Waals surface area contributed by atoms with E-state index in [0.29, 0.717) is 28.8 Å².